The van der Waals surface area contributed by atoms with Gasteiger partial charge in [-0.3, -0.25) is 14.3 Å². The van der Waals surface area contributed by atoms with Crippen molar-refractivity contribution in [3.8, 4) is 11.8 Å². The van der Waals surface area contributed by atoms with Crippen molar-refractivity contribution < 1.29 is 18.4 Å². The van der Waals surface area contributed by atoms with Crippen LogP contribution in [0.3, 0.4) is 0 Å². The molecule has 10 heteroatoms. The summed E-state index contributed by atoms with van der Waals surface area (Å²) in [6.07, 6.45) is 1.37. The van der Waals surface area contributed by atoms with Crippen LogP contribution < -0.4 is 5.32 Å². The lowest BCUT2D eigenvalue weighted by Crippen LogP contribution is -2.45. The van der Waals surface area contributed by atoms with Crippen LogP contribution in [0, 0.1) is 17.7 Å². The van der Waals surface area contributed by atoms with E-state index in [9.17, 15) is 18.4 Å². The third kappa shape index (κ3) is 5.07. The van der Waals surface area contributed by atoms with E-state index < -0.39 is 23.9 Å². The second kappa shape index (κ2) is 10.0. The van der Waals surface area contributed by atoms with Crippen LogP contribution in [0.15, 0.2) is 48.8 Å². The van der Waals surface area contributed by atoms with Crippen LogP contribution >= 0.6 is 11.6 Å². The second-order valence-electron chi connectivity index (χ2n) is 7.75. The van der Waals surface area contributed by atoms with Gasteiger partial charge in [0, 0.05) is 30.8 Å². The molecule has 0 unspecified atom stereocenters. The smallest absolute Gasteiger partial charge is 0.276 e. The van der Waals surface area contributed by atoms with E-state index in [1.165, 1.54) is 28.9 Å². The molecule has 2 aromatic heterocycles. The molecule has 1 N–H and O–H groups in total. The molecule has 3 heterocycles. The number of hydrogen-bond acceptors (Lipinski definition) is 4. The number of benzene rings is 1. The number of halogens is 3. The maximum absolute atomic E-state index is 14.8. The van der Waals surface area contributed by atoms with Crippen molar-refractivity contribution in [2.75, 3.05) is 18.4 Å². The summed E-state index contributed by atoms with van der Waals surface area (Å²) in [6, 6.07) is 9.56. The molecule has 3 aromatic rings. The molecule has 0 aliphatic carbocycles. The number of nitrogens with zero attached hydrogens (tertiary/aromatic N) is 4. The molecule has 1 saturated heterocycles. The minimum Gasteiger partial charge on any atom is -0.340 e. The Labute approximate surface area is 199 Å². The molecule has 1 fully saturated rings. The number of rotatable bonds is 3. The Bertz CT molecular complexity index is 1290. The molecule has 4 rings (SSSR count). The van der Waals surface area contributed by atoms with Crippen LogP contribution in [0.1, 0.15) is 41.0 Å². The standard InChI is InChI=1S/C24H20ClF2N5O2/c1-15(33)31-10-9-21(20(27)14-31)32-22(18(25)13-29-32)24(34)30-23-19(26)11-17(12-28-23)8-7-16-5-3-2-4-6-16/h2-6,11-13,20-21H,9-10,14H2,1H3,(H,28,30,34)/t20-,21-/m0/s1. The second-order valence-corrected chi connectivity index (χ2v) is 8.15. The maximum Gasteiger partial charge on any atom is 0.276 e. The lowest BCUT2D eigenvalue weighted by Gasteiger charge is -2.34. The zero-order chi connectivity index (χ0) is 24.2. The highest BCUT2D eigenvalue weighted by Gasteiger charge is 2.35. The molecular weight excluding hydrogens is 464 g/mol. The molecular formula is C24H20ClF2N5O2. The van der Waals surface area contributed by atoms with Gasteiger partial charge < -0.3 is 10.2 Å². The molecule has 0 radical (unpaired) electrons. The van der Waals surface area contributed by atoms with Gasteiger partial charge in [0.15, 0.2) is 11.6 Å². The van der Waals surface area contributed by atoms with Crippen LogP contribution in [0.25, 0.3) is 0 Å². The molecule has 34 heavy (non-hydrogen) atoms. The first kappa shape index (κ1) is 23.4. The topological polar surface area (TPSA) is 80.1 Å². The molecule has 0 spiro atoms. The van der Waals surface area contributed by atoms with Crippen LogP contribution in [0.4, 0.5) is 14.6 Å². The Morgan fingerprint density at radius 2 is 1.91 bits per heavy atom. The molecule has 0 saturated carbocycles. The summed E-state index contributed by atoms with van der Waals surface area (Å²) in [4.78, 5) is 29.8. The van der Waals surface area contributed by atoms with Crippen LogP contribution in [0.2, 0.25) is 5.02 Å². The van der Waals surface area contributed by atoms with Crippen LogP contribution in [-0.2, 0) is 4.79 Å². The van der Waals surface area contributed by atoms with E-state index >= 15 is 0 Å². The van der Waals surface area contributed by atoms with Gasteiger partial charge in [0.25, 0.3) is 5.91 Å². The summed E-state index contributed by atoms with van der Waals surface area (Å²) in [5.74, 6) is 3.61. The maximum atomic E-state index is 14.8. The number of nitrogens with one attached hydrogen (secondary N) is 1. The van der Waals surface area contributed by atoms with Gasteiger partial charge in [0.1, 0.15) is 11.9 Å². The Hall–Kier alpha value is -3.77. The van der Waals surface area contributed by atoms with Gasteiger partial charge >= 0.3 is 0 Å². The summed E-state index contributed by atoms with van der Waals surface area (Å²) < 4.78 is 30.6. The van der Waals surface area contributed by atoms with Crippen molar-refractivity contribution in [2.45, 2.75) is 25.6 Å². The van der Waals surface area contributed by atoms with Crippen molar-refractivity contribution in [3.63, 3.8) is 0 Å². The van der Waals surface area contributed by atoms with Crippen molar-refractivity contribution >= 4 is 29.2 Å². The largest absolute Gasteiger partial charge is 0.340 e. The molecule has 7 nitrogen and oxygen atoms in total. The summed E-state index contributed by atoms with van der Waals surface area (Å²) in [7, 11) is 0. The lowest BCUT2D eigenvalue weighted by atomic mass is 10.0. The zero-order valence-corrected chi connectivity index (χ0v) is 18.9. The first-order valence-electron chi connectivity index (χ1n) is 10.5. The molecule has 1 aromatic carbocycles. The average Bonchev–Trinajstić information content (AvgIpc) is 3.21. The van der Waals surface area contributed by atoms with Crippen LogP contribution in [0.5, 0.6) is 0 Å². The zero-order valence-electron chi connectivity index (χ0n) is 18.1. The Morgan fingerprint density at radius 1 is 1.18 bits per heavy atom. The number of carbonyl (C=O) groups is 2. The number of anilines is 1. The number of likely N-dealkylation sites (tertiary alicyclic amines) is 1. The number of alkyl halides is 1. The van der Waals surface area contributed by atoms with E-state index in [2.05, 4.69) is 27.2 Å². The Balaban J connectivity index is 1.51. The van der Waals surface area contributed by atoms with Crippen molar-refractivity contribution in [3.05, 3.63) is 76.5 Å². The molecule has 2 amide bonds. The molecule has 0 bridgehead atoms. The first-order valence-corrected chi connectivity index (χ1v) is 10.9. The number of hydrogen-bond donors (Lipinski definition) is 1. The summed E-state index contributed by atoms with van der Waals surface area (Å²) >= 11 is 6.15. The van der Waals surface area contributed by atoms with Gasteiger partial charge in [-0.2, -0.15) is 5.10 Å². The highest BCUT2D eigenvalue weighted by Crippen LogP contribution is 2.29. The van der Waals surface area contributed by atoms with Gasteiger partial charge in [-0.15, -0.1) is 0 Å². The predicted octanol–water partition coefficient (Wildman–Crippen LogP) is 3.85. The number of piperidine rings is 1. The summed E-state index contributed by atoms with van der Waals surface area (Å²) in [6.45, 7) is 1.58. The third-order valence-corrected chi connectivity index (χ3v) is 5.71. The fourth-order valence-corrected chi connectivity index (χ4v) is 3.91. The molecule has 2 atom stereocenters. The first-order chi connectivity index (χ1) is 16.3. The Kier molecular flexibility index (Phi) is 6.89. The number of aromatic nitrogens is 3. The van der Waals surface area contributed by atoms with Crippen molar-refractivity contribution in [1.82, 2.24) is 19.7 Å². The normalized spacial score (nSPS) is 17.6. The third-order valence-electron chi connectivity index (χ3n) is 5.43. The summed E-state index contributed by atoms with van der Waals surface area (Å²) in [5.41, 5.74) is 0.989. The van der Waals surface area contributed by atoms with Gasteiger partial charge in [0.2, 0.25) is 5.91 Å². The van der Waals surface area contributed by atoms with Crippen molar-refractivity contribution in [1.29, 1.82) is 0 Å². The van der Waals surface area contributed by atoms with Crippen LogP contribution in [-0.4, -0.2) is 50.7 Å². The molecule has 1 aliphatic rings. The lowest BCUT2D eigenvalue weighted by molar-refractivity contribution is -0.131. The number of carbonyl (C=O) groups excluding carboxylic acids is 2. The van der Waals surface area contributed by atoms with E-state index in [4.69, 9.17) is 11.6 Å². The van der Waals surface area contributed by atoms with Crippen molar-refractivity contribution in [2.24, 2.45) is 0 Å². The SMILES string of the molecule is CC(=O)N1CC[C@H](n2ncc(Cl)c2C(=O)Nc2ncc(C#Cc3ccccc3)cc2F)[C@@H](F)C1. The highest BCUT2D eigenvalue weighted by molar-refractivity contribution is 6.34. The van der Waals surface area contributed by atoms with E-state index in [1.54, 1.807) is 0 Å². The van der Waals surface area contributed by atoms with Gasteiger partial charge in [0.05, 0.1) is 23.8 Å². The molecule has 1 aliphatic heterocycles. The minimum absolute atomic E-state index is 0.00977. The van der Waals surface area contributed by atoms with E-state index in [0.717, 1.165) is 11.6 Å². The number of pyridine rings is 1. The summed E-state index contributed by atoms with van der Waals surface area (Å²) in [5, 5.41) is 6.42. The van der Waals surface area contributed by atoms with E-state index in [1.807, 2.05) is 30.3 Å². The van der Waals surface area contributed by atoms with E-state index in [0.29, 0.717) is 12.1 Å². The fourth-order valence-electron chi connectivity index (χ4n) is 3.69. The number of amides is 2. The van der Waals surface area contributed by atoms with E-state index in [-0.39, 0.29) is 35.4 Å². The predicted molar refractivity (Wildman–Crippen MR) is 123 cm³/mol. The quantitative estimate of drug-likeness (QED) is 0.574. The monoisotopic (exact) mass is 483 g/mol. The van der Waals surface area contributed by atoms with Gasteiger partial charge in [-0.05, 0) is 24.6 Å². The highest BCUT2D eigenvalue weighted by atomic mass is 35.5. The van der Waals surface area contributed by atoms with Gasteiger partial charge in [-0.1, -0.05) is 41.6 Å². The Morgan fingerprint density at radius 3 is 2.59 bits per heavy atom. The van der Waals surface area contributed by atoms with Gasteiger partial charge in [-0.25, -0.2) is 13.8 Å². The molecule has 174 valence electrons. The minimum atomic E-state index is -1.45. The average molecular weight is 484 g/mol. The fraction of sp³-hybridized carbons (Fsp3) is 0.250.